The molecule has 128 valence electrons. The second-order valence-corrected chi connectivity index (χ2v) is 7.06. The van der Waals surface area contributed by atoms with Crippen molar-refractivity contribution in [3.8, 4) is 33.9 Å². The third-order valence-electron chi connectivity index (χ3n) is 4.22. The van der Waals surface area contributed by atoms with Crippen molar-refractivity contribution >= 4 is 38.4 Å². The van der Waals surface area contributed by atoms with Crippen LogP contribution in [0.4, 0.5) is 0 Å². The Kier molecular flexibility index (Phi) is 4.31. The monoisotopic (exact) mass is 425 g/mol. The number of phenols is 2. The number of aromatic hydroxyl groups is 2. The van der Waals surface area contributed by atoms with E-state index in [0.717, 1.165) is 32.1 Å². The number of aromatic nitrogens is 1. The molecule has 0 radical (unpaired) electrons. The van der Waals surface area contributed by atoms with E-state index in [0.29, 0.717) is 10.7 Å². The van der Waals surface area contributed by atoms with Gasteiger partial charge in [-0.05, 0) is 64.0 Å². The zero-order valence-corrected chi connectivity index (χ0v) is 15.8. The summed E-state index contributed by atoms with van der Waals surface area (Å²) in [7, 11) is 0. The van der Waals surface area contributed by atoms with Gasteiger partial charge in [0.25, 0.3) is 0 Å². The molecule has 3 nitrogen and oxygen atoms in total. The molecule has 26 heavy (non-hydrogen) atoms. The molecule has 0 bridgehead atoms. The minimum Gasteiger partial charge on any atom is -0.508 e. The van der Waals surface area contributed by atoms with Gasteiger partial charge in [0.15, 0.2) is 0 Å². The summed E-state index contributed by atoms with van der Waals surface area (Å²) in [5, 5.41) is 20.9. The molecule has 1 aromatic heterocycles. The van der Waals surface area contributed by atoms with Crippen LogP contribution in [0.3, 0.4) is 0 Å². The van der Waals surface area contributed by atoms with Crippen molar-refractivity contribution in [1.29, 1.82) is 0 Å². The largest absolute Gasteiger partial charge is 0.508 e. The van der Waals surface area contributed by atoms with Crippen LogP contribution >= 0.6 is 27.5 Å². The highest BCUT2D eigenvalue weighted by molar-refractivity contribution is 9.10. The van der Waals surface area contributed by atoms with Gasteiger partial charge in [0.1, 0.15) is 11.5 Å². The van der Waals surface area contributed by atoms with Crippen molar-refractivity contribution in [2.45, 2.75) is 0 Å². The third kappa shape index (κ3) is 2.91. The lowest BCUT2D eigenvalue weighted by Crippen LogP contribution is -1.90. The highest BCUT2D eigenvalue weighted by Gasteiger charge is 2.15. The Morgan fingerprint density at radius 1 is 0.846 bits per heavy atom. The van der Waals surface area contributed by atoms with Gasteiger partial charge in [-0.15, -0.1) is 0 Å². The van der Waals surface area contributed by atoms with Gasteiger partial charge >= 0.3 is 0 Å². The summed E-state index contributed by atoms with van der Waals surface area (Å²) < 4.78 is 0.740. The van der Waals surface area contributed by atoms with E-state index in [9.17, 15) is 10.2 Å². The highest BCUT2D eigenvalue weighted by atomic mass is 79.9. The molecular formula is C21H13BrClNO2. The molecule has 0 aliphatic rings. The van der Waals surface area contributed by atoms with Crippen molar-refractivity contribution in [2.24, 2.45) is 0 Å². The zero-order chi connectivity index (χ0) is 18.3. The Morgan fingerprint density at radius 2 is 1.54 bits per heavy atom. The third-order valence-corrected chi connectivity index (χ3v) is 5.64. The van der Waals surface area contributed by atoms with E-state index in [-0.39, 0.29) is 11.5 Å². The van der Waals surface area contributed by atoms with E-state index >= 15 is 0 Å². The fraction of sp³-hybridized carbons (Fsp3) is 0. The van der Waals surface area contributed by atoms with Crippen molar-refractivity contribution in [2.75, 3.05) is 0 Å². The van der Waals surface area contributed by atoms with Gasteiger partial charge in [-0.1, -0.05) is 35.9 Å². The summed E-state index contributed by atoms with van der Waals surface area (Å²) in [6.07, 6.45) is 0. The van der Waals surface area contributed by atoms with E-state index in [4.69, 9.17) is 11.6 Å². The first-order valence-electron chi connectivity index (χ1n) is 7.91. The van der Waals surface area contributed by atoms with E-state index in [1.165, 1.54) is 0 Å². The Morgan fingerprint density at radius 3 is 2.27 bits per heavy atom. The van der Waals surface area contributed by atoms with Gasteiger partial charge in [-0.2, -0.15) is 0 Å². The van der Waals surface area contributed by atoms with Crippen molar-refractivity contribution in [1.82, 2.24) is 4.98 Å². The molecule has 0 saturated carbocycles. The maximum Gasteiger partial charge on any atom is 0.123 e. The fourth-order valence-electron chi connectivity index (χ4n) is 2.90. The summed E-state index contributed by atoms with van der Waals surface area (Å²) in [6, 6.07) is 19.7. The first-order valence-corrected chi connectivity index (χ1v) is 9.08. The summed E-state index contributed by atoms with van der Waals surface area (Å²) in [4.78, 5) is 4.69. The van der Waals surface area contributed by atoms with E-state index in [1.807, 2.05) is 30.3 Å². The average Bonchev–Trinajstić information content (AvgIpc) is 2.66. The average molecular weight is 427 g/mol. The molecule has 5 heteroatoms. The Hall–Kier alpha value is -2.56. The van der Waals surface area contributed by atoms with Crippen LogP contribution in [0, 0.1) is 0 Å². The minimum atomic E-state index is 0.192. The maximum absolute atomic E-state index is 10.1. The number of hydrogen-bond donors (Lipinski definition) is 2. The Bertz CT molecular complexity index is 1130. The van der Waals surface area contributed by atoms with E-state index < -0.39 is 0 Å². The van der Waals surface area contributed by atoms with Crippen molar-refractivity contribution in [3.63, 3.8) is 0 Å². The summed E-state index contributed by atoms with van der Waals surface area (Å²) in [5.74, 6) is 0.416. The Balaban J connectivity index is 1.91. The fourth-order valence-corrected chi connectivity index (χ4v) is 3.66. The predicted octanol–water partition coefficient (Wildman–Crippen LogP) is 6.40. The summed E-state index contributed by atoms with van der Waals surface area (Å²) in [6.45, 7) is 0. The van der Waals surface area contributed by atoms with Crippen LogP contribution in [0.5, 0.6) is 11.5 Å². The Labute approximate surface area is 163 Å². The van der Waals surface area contributed by atoms with Crippen molar-refractivity contribution < 1.29 is 10.2 Å². The predicted molar refractivity (Wildman–Crippen MR) is 109 cm³/mol. The molecule has 2 N–H and O–H groups in total. The number of hydrogen-bond acceptors (Lipinski definition) is 3. The number of pyridine rings is 1. The number of nitrogens with zero attached hydrogens (tertiary/aromatic N) is 1. The minimum absolute atomic E-state index is 0.192. The van der Waals surface area contributed by atoms with Gasteiger partial charge in [0.05, 0.1) is 16.2 Å². The van der Waals surface area contributed by atoms with Crippen molar-refractivity contribution in [3.05, 3.63) is 76.2 Å². The lowest BCUT2D eigenvalue weighted by molar-refractivity contribution is 0.475. The number of benzene rings is 3. The summed E-state index contributed by atoms with van der Waals surface area (Å²) in [5.41, 5.74) is 3.87. The molecule has 0 saturated heterocycles. The smallest absolute Gasteiger partial charge is 0.123 e. The molecule has 1 heterocycles. The standard InChI is InChI=1S/C21H13BrClNO2/c22-19-16-11-13(15-3-1-2-4-18(15)26)7-10-17(16)24-21(20(19)23)12-5-8-14(25)9-6-12/h1-11,25-26H. The molecule has 0 aliphatic carbocycles. The molecule has 4 rings (SSSR count). The topological polar surface area (TPSA) is 53.4 Å². The van der Waals surface area contributed by atoms with Crippen LogP contribution in [0.15, 0.2) is 71.2 Å². The number of phenolic OH excluding ortho intramolecular Hbond substituents is 2. The number of fused-ring (bicyclic) bond motifs is 1. The van der Waals surface area contributed by atoms with Crippen LogP contribution in [0.2, 0.25) is 5.02 Å². The van der Waals surface area contributed by atoms with Crippen LogP contribution in [0.1, 0.15) is 0 Å². The summed E-state index contributed by atoms with van der Waals surface area (Å²) >= 11 is 10.1. The highest BCUT2D eigenvalue weighted by Crippen LogP contribution is 2.40. The molecule has 0 fully saturated rings. The lowest BCUT2D eigenvalue weighted by atomic mass is 10.0. The number of para-hydroxylation sites is 1. The normalized spacial score (nSPS) is 11.0. The second-order valence-electron chi connectivity index (χ2n) is 5.88. The number of rotatable bonds is 2. The molecule has 0 unspecified atom stereocenters. The second kappa shape index (κ2) is 6.63. The quantitative estimate of drug-likeness (QED) is 0.390. The maximum atomic E-state index is 10.1. The molecule has 0 aliphatic heterocycles. The van der Waals surface area contributed by atoms with Crippen LogP contribution in [-0.2, 0) is 0 Å². The first kappa shape index (κ1) is 16.9. The molecule has 0 atom stereocenters. The lowest BCUT2D eigenvalue weighted by Gasteiger charge is -2.11. The van der Waals surface area contributed by atoms with Crippen LogP contribution < -0.4 is 0 Å². The molecule has 0 spiro atoms. The number of halogens is 2. The van der Waals surface area contributed by atoms with Gasteiger partial charge in [0, 0.05) is 21.0 Å². The van der Waals surface area contributed by atoms with E-state index in [2.05, 4.69) is 20.9 Å². The zero-order valence-electron chi connectivity index (χ0n) is 13.4. The van der Waals surface area contributed by atoms with Gasteiger partial charge in [-0.25, -0.2) is 4.98 Å². The molecular weight excluding hydrogens is 414 g/mol. The van der Waals surface area contributed by atoms with Gasteiger partial charge in [0.2, 0.25) is 0 Å². The molecule has 4 aromatic rings. The molecule has 3 aromatic carbocycles. The van der Waals surface area contributed by atoms with Crippen LogP contribution in [-0.4, -0.2) is 15.2 Å². The van der Waals surface area contributed by atoms with Gasteiger partial charge < -0.3 is 10.2 Å². The first-order chi connectivity index (χ1) is 12.5. The molecule has 0 amide bonds. The van der Waals surface area contributed by atoms with E-state index in [1.54, 1.807) is 36.4 Å². The van der Waals surface area contributed by atoms with Crippen LogP contribution in [0.25, 0.3) is 33.3 Å². The van der Waals surface area contributed by atoms with Gasteiger partial charge in [-0.3, -0.25) is 0 Å². The SMILES string of the molecule is Oc1ccc(-c2nc3ccc(-c4ccccc4O)cc3c(Br)c2Cl)cc1.